The number of aromatic nitrogens is 2. The molecule has 0 fully saturated rings. The van der Waals surface area contributed by atoms with E-state index in [-0.39, 0.29) is 0 Å². The van der Waals surface area contributed by atoms with E-state index in [2.05, 4.69) is 16.0 Å². The lowest BCUT2D eigenvalue weighted by atomic mass is 10.1. The number of rotatable bonds is 1. The van der Waals surface area contributed by atoms with E-state index in [1.54, 1.807) is 6.92 Å². The number of benzene rings is 1. The van der Waals surface area contributed by atoms with Gasteiger partial charge in [-0.3, -0.25) is 0 Å². The normalized spacial score (nSPS) is 10.6. The van der Waals surface area contributed by atoms with Crippen LogP contribution in [0.3, 0.4) is 0 Å². The Hall–Kier alpha value is -1.12. The van der Waals surface area contributed by atoms with Gasteiger partial charge in [-0.15, -0.1) is 0 Å². The number of hydrogen-bond donors (Lipinski definition) is 0. The highest BCUT2D eigenvalue weighted by Crippen LogP contribution is 2.25. The van der Waals surface area contributed by atoms with E-state index < -0.39 is 0 Å². The molecule has 2 aromatic rings. The Balaban J connectivity index is 2.60. The standard InChI is InChI=1S/C13H12Cl2N2/c1-7-4-8(2)6-10(5-7)13-16-11(14)9(3)12(15)17-13/h4-6H,1-3H3. The van der Waals surface area contributed by atoms with Gasteiger partial charge in [-0.1, -0.05) is 40.4 Å². The van der Waals surface area contributed by atoms with Gasteiger partial charge in [-0.2, -0.15) is 0 Å². The van der Waals surface area contributed by atoms with Crippen LogP contribution in [0.4, 0.5) is 0 Å². The molecule has 0 aliphatic heterocycles. The summed E-state index contributed by atoms with van der Waals surface area (Å²) in [4.78, 5) is 8.51. The molecule has 0 spiro atoms. The highest BCUT2D eigenvalue weighted by Gasteiger charge is 2.09. The molecule has 0 saturated heterocycles. The highest BCUT2D eigenvalue weighted by molar-refractivity contribution is 6.34. The monoisotopic (exact) mass is 266 g/mol. The molecule has 0 bridgehead atoms. The molecule has 0 atom stereocenters. The van der Waals surface area contributed by atoms with E-state index in [1.165, 1.54) is 0 Å². The number of aryl methyl sites for hydroxylation is 2. The van der Waals surface area contributed by atoms with Crippen LogP contribution in [-0.4, -0.2) is 9.97 Å². The van der Waals surface area contributed by atoms with Gasteiger partial charge in [-0.25, -0.2) is 9.97 Å². The average Bonchev–Trinajstić information content (AvgIpc) is 2.23. The third kappa shape index (κ3) is 2.59. The second-order valence-electron chi connectivity index (χ2n) is 4.13. The van der Waals surface area contributed by atoms with Gasteiger partial charge in [0.15, 0.2) is 5.82 Å². The second-order valence-corrected chi connectivity index (χ2v) is 4.85. The summed E-state index contributed by atoms with van der Waals surface area (Å²) < 4.78 is 0. The third-order valence-corrected chi connectivity index (χ3v) is 3.24. The van der Waals surface area contributed by atoms with Gasteiger partial charge in [0.1, 0.15) is 10.3 Å². The molecule has 0 N–H and O–H groups in total. The molecular formula is C13H12Cl2N2. The van der Waals surface area contributed by atoms with Crippen LogP contribution in [0.25, 0.3) is 11.4 Å². The minimum absolute atomic E-state index is 0.402. The molecule has 88 valence electrons. The molecule has 1 aromatic carbocycles. The van der Waals surface area contributed by atoms with E-state index in [0.29, 0.717) is 21.7 Å². The first-order valence-electron chi connectivity index (χ1n) is 5.25. The van der Waals surface area contributed by atoms with E-state index in [4.69, 9.17) is 23.2 Å². The molecule has 2 nitrogen and oxygen atoms in total. The molecule has 0 amide bonds. The lowest BCUT2D eigenvalue weighted by molar-refractivity contribution is 1.13. The van der Waals surface area contributed by atoms with E-state index in [9.17, 15) is 0 Å². The molecule has 2 rings (SSSR count). The maximum atomic E-state index is 6.01. The van der Waals surface area contributed by atoms with Crippen LogP contribution in [0.2, 0.25) is 10.3 Å². The summed E-state index contributed by atoms with van der Waals surface area (Å²) in [6.07, 6.45) is 0. The van der Waals surface area contributed by atoms with Crippen LogP contribution in [0.1, 0.15) is 16.7 Å². The quantitative estimate of drug-likeness (QED) is 0.717. The van der Waals surface area contributed by atoms with Crippen LogP contribution in [0.15, 0.2) is 18.2 Å². The van der Waals surface area contributed by atoms with Crippen molar-refractivity contribution in [1.29, 1.82) is 0 Å². The lowest BCUT2D eigenvalue weighted by Gasteiger charge is -2.06. The van der Waals surface area contributed by atoms with Gasteiger partial charge in [0.2, 0.25) is 0 Å². The van der Waals surface area contributed by atoms with Gasteiger partial charge in [0, 0.05) is 11.1 Å². The first-order valence-corrected chi connectivity index (χ1v) is 6.01. The van der Waals surface area contributed by atoms with Crippen molar-refractivity contribution in [1.82, 2.24) is 9.97 Å². The average molecular weight is 267 g/mol. The predicted molar refractivity (Wildman–Crippen MR) is 71.7 cm³/mol. The lowest BCUT2D eigenvalue weighted by Crippen LogP contribution is -1.94. The van der Waals surface area contributed by atoms with Gasteiger partial charge >= 0.3 is 0 Å². The number of halogens is 2. The van der Waals surface area contributed by atoms with Crippen LogP contribution in [-0.2, 0) is 0 Å². The minimum atomic E-state index is 0.402. The smallest absolute Gasteiger partial charge is 0.162 e. The highest BCUT2D eigenvalue weighted by atomic mass is 35.5. The van der Waals surface area contributed by atoms with Crippen LogP contribution >= 0.6 is 23.2 Å². The van der Waals surface area contributed by atoms with Crippen molar-refractivity contribution >= 4 is 23.2 Å². The summed E-state index contributed by atoms with van der Waals surface area (Å²) in [7, 11) is 0. The van der Waals surface area contributed by atoms with Gasteiger partial charge in [0.05, 0.1) is 0 Å². The molecule has 0 unspecified atom stereocenters. The Kier molecular flexibility index (Phi) is 3.36. The topological polar surface area (TPSA) is 25.8 Å². The molecule has 1 heterocycles. The molecule has 17 heavy (non-hydrogen) atoms. The Morgan fingerprint density at radius 1 is 0.824 bits per heavy atom. The number of nitrogens with zero attached hydrogens (tertiary/aromatic N) is 2. The minimum Gasteiger partial charge on any atom is -0.216 e. The van der Waals surface area contributed by atoms with E-state index >= 15 is 0 Å². The van der Waals surface area contributed by atoms with Gasteiger partial charge in [0.25, 0.3) is 0 Å². The van der Waals surface area contributed by atoms with Crippen molar-refractivity contribution in [2.75, 3.05) is 0 Å². The first-order chi connectivity index (χ1) is 7.97. The van der Waals surface area contributed by atoms with E-state index in [1.807, 2.05) is 26.0 Å². The molecular weight excluding hydrogens is 255 g/mol. The van der Waals surface area contributed by atoms with Crippen molar-refractivity contribution < 1.29 is 0 Å². The molecule has 0 aliphatic rings. The SMILES string of the molecule is Cc1cc(C)cc(-c2nc(Cl)c(C)c(Cl)n2)c1. The Bertz CT molecular complexity index is 536. The van der Waals surface area contributed by atoms with Crippen LogP contribution in [0.5, 0.6) is 0 Å². The Labute approximate surface area is 111 Å². The third-order valence-electron chi connectivity index (χ3n) is 2.51. The maximum Gasteiger partial charge on any atom is 0.162 e. The summed E-state index contributed by atoms with van der Waals surface area (Å²) in [5.41, 5.74) is 3.97. The van der Waals surface area contributed by atoms with Crippen molar-refractivity contribution in [3.8, 4) is 11.4 Å². The molecule has 4 heteroatoms. The summed E-state index contributed by atoms with van der Waals surface area (Å²) in [6.45, 7) is 5.87. The van der Waals surface area contributed by atoms with Crippen molar-refractivity contribution in [3.05, 3.63) is 45.2 Å². The van der Waals surface area contributed by atoms with E-state index in [0.717, 1.165) is 16.7 Å². The fourth-order valence-electron chi connectivity index (χ4n) is 1.70. The molecule has 0 aliphatic carbocycles. The Morgan fingerprint density at radius 2 is 1.29 bits per heavy atom. The molecule has 1 aromatic heterocycles. The summed E-state index contributed by atoms with van der Waals surface area (Å²) in [6, 6.07) is 6.13. The molecule has 0 radical (unpaired) electrons. The second kappa shape index (κ2) is 4.63. The molecule has 0 saturated carbocycles. The fourth-order valence-corrected chi connectivity index (χ4v) is 2.08. The van der Waals surface area contributed by atoms with Crippen molar-refractivity contribution in [2.45, 2.75) is 20.8 Å². The largest absolute Gasteiger partial charge is 0.216 e. The zero-order chi connectivity index (χ0) is 12.6. The fraction of sp³-hybridized carbons (Fsp3) is 0.231. The summed E-state index contributed by atoms with van der Waals surface area (Å²) >= 11 is 12.0. The zero-order valence-corrected chi connectivity index (χ0v) is 11.4. The Morgan fingerprint density at radius 3 is 1.76 bits per heavy atom. The van der Waals surface area contributed by atoms with Gasteiger partial charge < -0.3 is 0 Å². The summed E-state index contributed by atoms with van der Waals surface area (Å²) in [5.74, 6) is 0.567. The van der Waals surface area contributed by atoms with Crippen LogP contribution < -0.4 is 0 Å². The van der Waals surface area contributed by atoms with Crippen molar-refractivity contribution in [3.63, 3.8) is 0 Å². The maximum absolute atomic E-state index is 6.01. The number of hydrogen-bond acceptors (Lipinski definition) is 2. The van der Waals surface area contributed by atoms with Crippen LogP contribution in [0, 0.1) is 20.8 Å². The van der Waals surface area contributed by atoms with Gasteiger partial charge in [-0.05, 0) is 32.9 Å². The first kappa shape index (κ1) is 12.3. The summed E-state index contributed by atoms with van der Waals surface area (Å²) in [5, 5.41) is 0.804. The predicted octanol–water partition coefficient (Wildman–Crippen LogP) is 4.38. The zero-order valence-electron chi connectivity index (χ0n) is 9.88. The van der Waals surface area contributed by atoms with Crippen molar-refractivity contribution in [2.24, 2.45) is 0 Å².